The molecule has 2 amide bonds. The SMILES string of the molecule is CCC(=O)[C@H](C)[C@@H](OC)[C@@H]1CCCN1C(=O)C[C@@H](OC)[C@H]([C@@H](C)CC)N(C)C(=O)[C@@H](CC(=O)[C@H](C(C)C)N(C)CCCC(=O)O)C(C)C.O=S(=O)(CCCc1ccccc1)Cc1ccccc1. The third-order valence-electron chi connectivity index (χ3n) is 13.6. The number of carbonyl (C=O) groups excluding carboxylic acids is 4. The van der Waals surface area contributed by atoms with E-state index in [9.17, 15) is 32.4 Å². The molecule has 2 aromatic rings. The zero-order valence-corrected chi connectivity index (χ0v) is 43.6. The number of nitrogens with zero attached hydrogens (tertiary/aromatic N) is 3. The third-order valence-corrected chi connectivity index (χ3v) is 15.3. The zero-order valence-electron chi connectivity index (χ0n) is 42.8. The number of aryl methyl sites for hydroxylation is 1. The van der Waals surface area contributed by atoms with Crippen LogP contribution in [0, 0.1) is 29.6 Å². The summed E-state index contributed by atoms with van der Waals surface area (Å²) in [6, 6.07) is 18.3. The van der Waals surface area contributed by atoms with E-state index in [0.717, 1.165) is 31.2 Å². The van der Waals surface area contributed by atoms with Crippen LogP contribution in [0.2, 0.25) is 0 Å². The number of methoxy groups -OCH3 is 2. The fourth-order valence-corrected chi connectivity index (χ4v) is 11.1. The number of ketones is 2. The largest absolute Gasteiger partial charge is 0.481 e. The molecule has 3 rings (SSSR count). The summed E-state index contributed by atoms with van der Waals surface area (Å²) in [5, 5.41) is 9.05. The van der Waals surface area contributed by atoms with Crippen molar-refractivity contribution in [3.8, 4) is 0 Å². The molecule has 0 unspecified atom stereocenters. The maximum absolute atomic E-state index is 14.3. The molecule has 67 heavy (non-hydrogen) atoms. The van der Waals surface area contributed by atoms with Gasteiger partial charge in [0.25, 0.3) is 0 Å². The number of ether oxygens (including phenoxy) is 2. The highest BCUT2D eigenvalue weighted by Crippen LogP contribution is 2.31. The maximum atomic E-state index is 14.3. The van der Waals surface area contributed by atoms with Crippen LogP contribution in [0.1, 0.15) is 124 Å². The lowest BCUT2D eigenvalue weighted by Gasteiger charge is -2.41. The molecule has 14 heteroatoms. The van der Waals surface area contributed by atoms with Gasteiger partial charge in [0.2, 0.25) is 11.8 Å². The fraction of sp³-hybridized carbons (Fsp3) is 0.679. The molecule has 1 aliphatic heterocycles. The maximum Gasteiger partial charge on any atom is 0.303 e. The van der Waals surface area contributed by atoms with Gasteiger partial charge >= 0.3 is 5.97 Å². The number of sulfone groups is 1. The van der Waals surface area contributed by atoms with Crippen molar-refractivity contribution in [3.05, 3.63) is 71.8 Å². The van der Waals surface area contributed by atoms with Crippen LogP contribution >= 0.6 is 0 Å². The van der Waals surface area contributed by atoms with Crippen LogP contribution in [-0.4, -0.2) is 135 Å². The Hall–Kier alpha value is -3.98. The smallest absolute Gasteiger partial charge is 0.303 e. The quantitative estimate of drug-likeness (QED) is 0.0836. The van der Waals surface area contributed by atoms with E-state index in [1.165, 1.54) is 5.56 Å². The molecule has 1 N–H and O–H groups in total. The first kappa shape index (κ1) is 59.1. The van der Waals surface area contributed by atoms with E-state index in [-0.39, 0.29) is 83.9 Å². The highest BCUT2D eigenvalue weighted by atomic mass is 32.2. The average molecular weight is 956 g/mol. The van der Waals surface area contributed by atoms with Gasteiger partial charge in [-0.3, -0.25) is 28.9 Å². The third kappa shape index (κ3) is 19.1. The van der Waals surface area contributed by atoms with Gasteiger partial charge in [-0.1, -0.05) is 122 Å². The average Bonchev–Trinajstić information content (AvgIpc) is 3.77. The monoisotopic (exact) mass is 956 g/mol. The van der Waals surface area contributed by atoms with Crippen LogP contribution < -0.4 is 0 Å². The summed E-state index contributed by atoms with van der Waals surface area (Å²) in [6.07, 6.45) is 3.89. The molecule has 1 fully saturated rings. The summed E-state index contributed by atoms with van der Waals surface area (Å²) in [5.74, 6) is -1.67. The number of benzene rings is 2. The van der Waals surface area contributed by atoms with Gasteiger partial charge in [0.15, 0.2) is 15.6 Å². The Morgan fingerprint density at radius 1 is 0.806 bits per heavy atom. The molecular formula is C53H85N3O10S. The fourth-order valence-electron chi connectivity index (χ4n) is 9.66. The van der Waals surface area contributed by atoms with E-state index in [4.69, 9.17) is 14.6 Å². The Balaban J connectivity index is 0.000000667. The van der Waals surface area contributed by atoms with E-state index in [1.54, 1.807) is 26.2 Å². The topological polar surface area (TPSA) is 168 Å². The molecule has 0 spiro atoms. The number of likely N-dealkylation sites (N-methyl/N-ethyl adjacent to an activating group) is 2. The lowest BCUT2D eigenvalue weighted by Crippen LogP contribution is -2.54. The predicted octanol–water partition coefficient (Wildman–Crippen LogP) is 8.17. The summed E-state index contributed by atoms with van der Waals surface area (Å²) < 4.78 is 35.8. The number of hydrogen-bond donors (Lipinski definition) is 1. The van der Waals surface area contributed by atoms with Crippen LogP contribution in [0.25, 0.3) is 0 Å². The predicted molar refractivity (Wildman–Crippen MR) is 266 cm³/mol. The van der Waals surface area contributed by atoms with Crippen molar-refractivity contribution in [1.82, 2.24) is 14.7 Å². The van der Waals surface area contributed by atoms with Gasteiger partial charge in [0.05, 0.1) is 48.3 Å². The van der Waals surface area contributed by atoms with Crippen molar-refractivity contribution in [3.63, 3.8) is 0 Å². The normalized spacial score (nSPS) is 17.2. The molecule has 2 aromatic carbocycles. The Morgan fingerprint density at radius 3 is 1.91 bits per heavy atom. The van der Waals surface area contributed by atoms with Crippen molar-refractivity contribution in [1.29, 1.82) is 0 Å². The number of likely N-dealkylation sites (tertiary alicyclic amines) is 1. The van der Waals surface area contributed by atoms with Crippen LogP contribution in [0.5, 0.6) is 0 Å². The standard InChI is InChI=1S/C37H67N3O8.C16H18O2S/c1-13-25(7)35(31(47-11)22-32(43)40-20-15-17-28(40)36(48-12)26(8)29(41)14-2)39(10)37(46)27(23(3)4)21-30(42)34(24(5)6)38(9)19-16-18-33(44)45;17-19(18,14-16-10-5-2-6-11-16)13-7-12-15-8-3-1-4-9-15/h23-28,31,34-36H,13-22H2,1-12H3,(H,44,45);1-6,8-11H,7,12-14H2/t25-,26-,27-,28-,31+,34-,35-,36+;/m0./s1. The summed E-state index contributed by atoms with van der Waals surface area (Å²) >= 11 is 0. The van der Waals surface area contributed by atoms with E-state index < -0.39 is 46.0 Å². The van der Waals surface area contributed by atoms with Gasteiger partial charge in [-0.2, -0.15) is 0 Å². The van der Waals surface area contributed by atoms with E-state index in [2.05, 4.69) is 6.92 Å². The highest BCUT2D eigenvalue weighted by Gasteiger charge is 2.43. The van der Waals surface area contributed by atoms with Gasteiger partial charge in [-0.25, -0.2) is 8.42 Å². The van der Waals surface area contributed by atoms with Crippen molar-refractivity contribution in [2.75, 3.05) is 47.2 Å². The first-order chi connectivity index (χ1) is 31.6. The first-order valence-electron chi connectivity index (χ1n) is 24.5. The molecule has 1 aliphatic rings. The molecule has 0 saturated carbocycles. The molecule has 0 aromatic heterocycles. The Labute approximate surface area is 403 Å². The van der Waals surface area contributed by atoms with E-state index in [1.807, 2.05) is 126 Å². The second-order valence-corrected chi connectivity index (χ2v) is 21.4. The summed E-state index contributed by atoms with van der Waals surface area (Å²) in [7, 11) is 3.76. The van der Waals surface area contributed by atoms with Crippen LogP contribution in [0.4, 0.5) is 0 Å². The lowest BCUT2D eigenvalue weighted by molar-refractivity contribution is -0.149. The number of carboxylic acids is 1. The number of amides is 2. The molecule has 13 nitrogen and oxygen atoms in total. The van der Waals surface area contributed by atoms with Crippen molar-refractivity contribution in [2.24, 2.45) is 29.6 Å². The molecular weight excluding hydrogens is 871 g/mol. The van der Waals surface area contributed by atoms with E-state index in [0.29, 0.717) is 32.4 Å². The number of carboxylic acid groups (broad SMARTS) is 1. The van der Waals surface area contributed by atoms with Gasteiger partial charge in [0.1, 0.15) is 5.78 Å². The van der Waals surface area contributed by atoms with Crippen LogP contribution in [0.15, 0.2) is 60.7 Å². The van der Waals surface area contributed by atoms with Crippen molar-refractivity contribution >= 4 is 39.2 Å². The summed E-state index contributed by atoms with van der Waals surface area (Å²) in [6.45, 7) is 16.7. The van der Waals surface area contributed by atoms with Gasteiger partial charge in [-0.15, -0.1) is 0 Å². The summed E-state index contributed by atoms with van der Waals surface area (Å²) in [5.41, 5.74) is 2.06. The number of Topliss-reactive ketones (excluding diaryl/α,β-unsaturated/α-hetero) is 2. The molecule has 0 radical (unpaired) electrons. The second kappa shape index (κ2) is 29.8. The second-order valence-electron chi connectivity index (χ2n) is 19.3. The minimum absolute atomic E-state index is 0.00675. The Morgan fingerprint density at radius 2 is 1.40 bits per heavy atom. The summed E-state index contributed by atoms with van der Waals surface area (Å²) in [4.78, 5) is 71.1. The number of hydrogen-bond acceptors (Lipinski definition) is 10. The van der Waals surface area contributed by atoms with Crippen molar-refractivity contribution < 1.29 is 47.0 Å². The minimum Gasteiger partial charge on any atom is -0.481 e. The molecule has 1 heterocycles. The van der Waals surface area contributed by atoms with Crippen molar-refractivity contribution in [2.45, 2.75) is 156 Å². The number of rotatable bonds is 29. The lowest BCUT2D eigenvalue weighted by atomic mass is 9.83. The molecule has 8 atom stereocenters. The van der Waals surface area contributed by atoms with E-state index >= 15 is 0 Å². The first-order valence-corrected chi connectivity index (χ1v) is 26.3. The minimum atomic E-state index is -3.00. The zero-order chi connectivity index (χ0) is 50.4. The number of carbonyl (C=O) groups is 5. The Kier molecular flexibility index (Phi) is 26.3. The Bertz CT molecular complexity index is 1910. The molecule has 0 bridgehead atoms. The van der Waals surface area contributed by atoms with Crippen LogP contribution in [0.3, 0.4) is 0 Å². The number of aliphatic carboxylic acids is 1. The molecule has 378 valence electrons. The molecule has 0 aliphatic carbocycles. The van der Waals surface area contributed by atoms with Gasteiger partial charge < -0.3 is 24.4 Å². The van der Waals surface area contributed by atoms with Gasteiger partial charge in [-0.05, 0) is 74.6 Å². The van der Waals surface area contributed by atoms with Crippen LogP contribution in [-0.2, 0) is 55.5 Å². The molecule has 1 saturated heterocycles. The van der Waals surface area contributed by atoms with Gasteiger partial charge in [0, 0.05) is 58.9 Å². The highest BCUT2D eigenvalue weighted by molar-refractivity contribution is 7.90.